The number of Topliss-reactive ketones (excluding diaryl/α,β-unsaturated/α-hetero) is 1. The number of hydrogen-bond acceptors (Lipinski definition) is 1. The van der Waals surface area contributed by atoms with E-state index in [1.54, 1.807) is 13.0 Å². The van der Waals surface area contributed by atoms with Crippen LogP contribution in [0.5, 0.6) is 0 Å². The Labute approximate surface area is 71.2 Å². The summed E-state index contributed by atoms with van der Waals surface area (Å²) in [4.78, 5) is 10.9. The molecule has 0 fully saturated rings. The molecule has 0 aliphatic heterocycles. The maximum absolute atomic E-state index is 13.3. The van der Waals surface area contributed by atoms with Gasteiger partial charge in [0.15, 0.2) is 5.78 Å². The van der Waals surface area contributed by atoms with Crippen molar-refractivity contribution in [3.05, 3.63) is 34.6 Å². The number of aryl methyl sites for hydroxylation is 1. The molecule has 0 N–H and O–H groups in total. The van der Waals surface area contributed by atoms with Gasteiger partial charge in [-0.25, -0.2) is 4.39 Å². The summed E-state index contributed by atoms with van der Waals surface area (Å²) in [7, 11) is 0. The summed E-state index contributed by atoms with van der Waals surface area (Å²) in [5.41, 5.74) is 1.61. The van der Waals surface area contributed by atoms with Crippen LogP contribution in [0.2, 0.25) is 0 Å². The van der Waals surface area contributed by atoms with Gasteiger partial charge in [0.2, 0.25) is 0 Å². The summed E-state index contributed by atoms with van der Waals surface area (Å²) >= 11 is 0. The molecule has 1 aromatic rings. The van der Waals surface area contributed by atoms with Gasteiger partial charge < -0.3 is 0 Å². The SMILES string of the molecule is CC(=O)c1ccc(C)c(C)c1F. The highest BCUT2D eigenvalue weighted by Gasteiger charge is 2.10. The monoisotopic (exact) mass is 166 g/mol. The van der Waals surface area contributed by atoms with Crippen molar-refractivity contribution < 1.29 is 9.18 Å². The van der Waals surface area contributed by atoms with Gasteiger partial charge in [0.25, 0.3) is 0 Å². The van der Waals surface area contributed by atoms with Crippen molar-refractivity contribution >= 4 is 5.78 Å². The molecule has 0 aromatic heterocycles. The third-order valence-electron chi connectivity index (χ3n) is 2.04. The van der Waals surface area contributed by atoms with Gasteiger partial charge in [-0.1, -0.05) is 6.07 Å². The zero-order chi connectivity index (χ0) is 9.30. The fraction of sp³-hybridized carbons (Fsp3) is 0.300. The Balaban J connectivity index is 3.36. The van der Waals surface area contributed by atoms with Crippen molar-refractivity contribution in [1.82, 2.24) is 0 Å². The molecule has 0 unspecified atom stereocenters. The molecule has 1 nitrogen and oxygen atoms in total. The van der Waals surface area contributed by atoms with Crippen LogP contribution in [0.3, 0.4) is 0 Å². The fourth-order valence-corrected chi connectivity index (χ4v) is 1.05. The van der Waals surface area contributed by atoms with Crippen molar-refractivity contribution in [3.8, 4) is 0 Å². The lowest BCUT2D eigenvalue weighted by atomic mass is 10.0. The highest BCUT2D eigenvalue weighted by molar-refractivity contribution is 5.94. The van der Waals surface area contributed by atoms with Crippen LogP contribution in [0.1, 0.15) is 28.4 Å². The molecule has 0 amide bonds. The van der Waals surface area contributed by atoms with Crippen LogP contribution < -0.4 is 0 Å². The van der Waals surface area contributed by atoms with Crippen molar-refractivity contribution in [2.75, 3.05) is 0 Å². The van der Waals surface area contributed by atoms with E-state index < -0.39 is 0 Å². The predicted octanol–water partition coefficient (Wildman–Crippen LogP) is 2.65. The van der Waals surface area contributed by atoms with Crippen molar-refractivity contribution in [1.29, 1.82) is 0 Å². The first-order valence-electron chi connectivity index (χ1n) is 3.80. The first-order valence-corrected chi connectivity index (χ1v) is 3.80. The van der Waals surface area contributed by atoms with Crippen LogP contribution in [0.25, 0.3) is 0 Å². The number of ketones is 1. The molecule has 1 rings (SSSR count). The number of hydrogen-bond donors (Lipinski definition) is 0. The zero-order valence-electron chi connectivity index (χ0n) is 7.44. The molecule has 2 heteroatoms. The molecule has 0 aliphatic rings. The lowest BCUT2D eigenvalue weighted by Crippen LogP contribution is -2.00. The number of carbonyl (C=O) groups excluding carboxylic acids is 1. The normalized spacial score (nSPS) is 10.0. The minimum atomic E-state index is -0.387. The molecule has 0 bridgehead atoms. The van der Waals surface area contributed by atoms with Crippen LogP contribution >= 0.6 is 0 Å². The molecule has 1 aromatic carbocycles. The van der Waals surface area contributed by atoms with E-state index in [1.165, 1.54) is 13.0 Å². The average Bonchev–Trinajstić information content (AvgIpc) is 2.00. The summed E-state index contributed by atoms with van der Waals surface area (Å²) in [5, 5.41) is 0. The number of halogens is 1. The summed E-state index contributed by atoms with van der Waals surface area (Å²) in [5.74, 6) is -0.613. The van der Waals surface area contributed by atoms with E-state index in [1.807, 2.05) is 6.92 Å². The Kier molecular flexibility index (Phi) is 2.27. The molecule has 12 heavy (non-hydrogen) atoms. The Morgan fingerprint density at radius 3 is 2.42 bits per heavy atom. The molecular weight excluding hydrogens is 155 g/mol. The van der Waals surface area contributed by atoms with Gasteiger partial charge in [0.1, 0.15) is 5.82 Å². The smallest absolute Gasteiger partial charge is 0.162 e. The standard InChI is InChI=1S/C10H11FO/c1-6-4-5-9(8(3)12)10(11)7(6)2/h4-5H,1-3H3. The van der Waals surface area contributed by atoms with Gasteiger partial charge in [-0.3, -0.25) is 4.79 Å². The third-order valence-corrected chi connectivity index (χ3v) is 2.04. The first kappa shape index (κ1) is 8.91. The van der Waals surface area contributed by atoms with Gasteiger partial charge in [-0.15, -0.1) is 0 Å². The Morgan fingerprint density at radius 2 is 1.92 bits per heavy atom. The molecule has 0 spiro atoms. The lowest BCUT2D eigenvalue weighted by molar-refractivity contribution is 0.101. The van der Waals surface area contributed by atoms with Gasteiger partial charge in [-0.05, 0) is 38.0 Å². The fourth-order valence-electron chi connectivity index (χ4n) is 1.05. The van der Waals surface area contributed by atoms with Crippen LogP contribution in [0, 0.1) is 19.7 Å². The minimum Gasteiger partial charge on any atom is -0.294 e. The van der Waals surface area contributed by atoms with Crippen molar-refractivity contribution in [2.24, 2.45) is 0 Å². The van der Waals surface area contributed by atoms with Crippen molar-refractivity contribution in [3.63, 3.8) is 0 Å². The second kappa shape index (κ2) is 3.05. The topological polar surface area (TPSA) is 17.1 Å². The Hall–Kier alpha value is -1.18. The van der Waals surface area contributed by atoms with E-state index in [2.05, 4.69) is 0 Å². The molecule has 0 heterocycles. The molecule has 0 atom stereocenters. The van der Waals surface area contributed by atoms with Crippen molar-refractivity contribution in [2.45, 2.75) is 20.8 Å². The summed E-state index contributed by atoms with van der Waals surface area (Å²) in [6.45, 7) is 4.87. The Morgan fingerprint density at radius 1 is 1.33 bits per heavy atom. The highest BCUT2D eigenvalue weighted by atomic mass is 19.1. The van der Waals surface area contributed by atoms with Crippen LogP contribution in [0.15, 0.2) is 12.1 Å². The largest absolute Gasteiger partial charge is 0.294 e. The summed E-state index contributed by atoms with van der Waals surface area (Å²) in [6.07, 6.45) is 0. The van der Waals surface area contributed by atoms with Gasteiger partial charge in [0.05, 0.1) is 5.56 Å². The summed E-state index contributed by atoms with van der Waals surface area (Å²) < 4.78 is 13.3. The number of carbonyl (C=O) groups is 1. The average molecular weight is 166 g/mol. The quantitative estimate of drug-likeness (QED) is 0.586. The molecule has 0 saturated heterocycles. The van der Waals surface area contributed by atoms with E-state index in [-0.39, 0.29) is 17.2 Å². The van der Waals surface area contributed by atoms with E-state index >= 15 is 0 Å². The van der Waals surface area contributed by atoms with Crippen LogP contribution in [0.4, 0.5) is 4.39 Å². The van der Waals surface area contributed by atoms with E-state index in [0.29, 0.717) is 5.56 Å². The van der Waals surface area contributed by atoms with Crippen LogP contribution in [-0.2, 0) is 0 Å². The molecule has 64 valence electrons. The molecular formula is C10H11FO. The minimum absolute atomic E-state index is 0.179. The predicted molar refractivity (Wildman–Crippen MR) is 45.9 cm³/mol. The van der Waals surface area contributed by atoms with E-state index in [9.17, 15) is 9.18 Å². The van der Waals surface area contributed by atoms with E-state index in [0.717, 1.165) is 5.56 Å². The first-order chi connectivity index (χ1) is 5.54. The summed E-state index contributed by atoms with van der Waals surface area (Å²) in [6, 6.07) is 3.29. The van der Waals surface area contributed by atoms with Gasteiger partial charge >= 0.3 is 0 Å². The maximum atomic E-state index is 13.3. The third kappa shape index (κ3) is 1.37. The Bertz CT molecular complexity index is 329. The molecule has 0 radical (unpaired) electrons. The number of benzene rings is 1. The second-order valence-corrected chi connectivity index (χ2v) is 2.93. The van der Waals surface area contributed by atoms with Gasteiger partial charge in [0, 0.05) is 0 Å². The highest BCUT2D eigenvalue weighted by Crippen LogP contribution is 2.16. The number of rotatable bonds is 1. The van der Waals surface area contributed by atoms with Crippen LogP contribution in [-0.4, -0.2) is 5.78 Å². The lowest BCUT2D eigenvalue weighted by Gasteiger charge is -2.04. The maximum Gasteiger partial charge on any atom is 0.162 e. The second-order valence-electron chi connectivity index (χ2n) is 2.93. The zero-order valence-corrected chi connectivity index (χ0v) is 7.44. The molecule has 0 saturated carbocycles. The van der Waals surface area contributed by atoms with E-state index in [4.69, 9.17) is 0 Å². The molecule has 0 aliphatic carbocycles. The van der Waals surface area contributed by atoms with Gasteiger partial charge in [-0.2, -0.15) is 0 Å².